The van der Waals surface area contributed by atoms with Crippen LogP contribution in [0.25, 0.3) is 0 Å². The number of halogens is 1. The van der Waals surface area contributed by atoms with Crippen molar-refractivity contribution in [1.29, 1.82) is 0 Å². The lowest BCUT2D eigenvalue weighted by atomic mass is 10.1. The minimum atomic E-state index is -0.966. The molecular weight excluding hydrogens is 262 g/mol. The van der Waals surface area contributed by atoms with Crippen LogP contribution in [-0.4, -0.2) is 11.1 Å². The van der Waals surface area contributed by atoms with Gasteiger partial charge in [-0.1, -0.05) is 29.8 Å². The summed E-state index contributed by atoms with van der Waals surface area (Å²) in [5, 5.41) is 12.9. The summed E-state index contributed by atoms with van der Waals surface area (Å²) in [6, 6.07) is 10.7. The van der Waals surface area contributed by atoms with Crippen molar-refractivity contribution < 1.29 is 9.90 Å². The molecule has 0 fully saturated rings. The van der Waals surface area contributed by atoms with Crippen LogP contribution >= 0.6 is 11.6 Å². The van der Waals surface area contributed by atoms with E-state index in [4.69, 9.17) is 11.6 Å². The van der Waals surface area contributed by atoms with Crippen molar-refractivity contribution in [3.63, 3.8) is 0 Å². The third kappa shape index (κ3) is 2.88. The predicted octanol–water partition coefficient (Wildman–Crippen LogP) is 4.40. The summed E-state index contributed by atoms with van der Waals surface area (Å²) >= 11 is 6.14. The second-order valence-electron chi connectivity index (χ2n) is 4.41. The standard InChI is InChI=1S/C15H14ClNO2/c1-9-6-7-11(15(18)19)13(8-9)17-14-10(2)4-3-5-12(14)16/h3-8,17H,1-2H3,(H,18,19). The highest BCUT2D eigenvalue weighted by molar-refractivity contribution is 6.33. The topological polar surface area (TPSA) is 49.3 Å². The molecular formula is C15H14ClNO2. The molecule has 0 aromatic heterocycles. The van der Waals surface area contributed by atoms with Gasteiger partial charge in [-0.15, -0.1) is 0 Å². The highest BCUT2D eigenvalue weighted by atomic mass is 35.5. The molecule has 0 spiro atoms. The molecule has 4 heteroatoms. The molecule has 0 atom stereocenters. The van der Waals surface area contributed by atoms with Crippen molar-refractivity contribution in [3.05, 3.63) is 58.1 Å². The number of para-hydroxylation sites is 1. The molecule has 0 saturated carbocycles. The summed E-state index contributed by atoms with van der Waals surface area (Å²) in [7, 11) is 0. The molecule has 19 heavy (non-hydrogen) atoms. The first-order valence-electron chi connectivity index (χ1n) is 5.85. The van der Waals surface area contributed by atoms with Gasteiger partial charge in [-0.3, -0.25) is 0 Å². The number of aromatic carboxylic acids is 1. The summed E-state index contributed by atoms with van der Waals surface area (Å²) in [6.45, 7) is 3.83. The van der Waals surface area contributed by atoms with Crippen molar-refractivity contribution in [2.45, 2.75) is 13.8 Å². The van der Waals surface area contributed by atoms with E-state index in [-0.39, 0.29) is 5.56 Å². The Labute approximate surface area is 116 Å². The number of benzene rings is 2. The number of carboxylic acids is 1. The third-order valence-electron chi connectivity index (χ3n) is 2.89. The van der Waals surface area contributed by atoms with Crippen LogP contribution in [0.3, 0.4) is 0 Å². The summed E-state index contributed by atoms with van der Waals surface area (Å²) in [4.78, 5) is 11.2. The maximum absolute atomic E-state index is 11.2. The van der Waals surface area contributed by atoms with Crippen LogP contribution in [0.5, 0.6) is 0 Å². The SMILES string of the molecule is Cc1ccc(C(=O)O)c(Nc2c(C)cccc2Cl)c1. The lowest BCUT2D eigenvalue weighted by Crippen LogP contribution is -2.04. The molecule has 0 amide bonds. The highest BCUT2D eigenvalue weighted by Gasteiger charge is 2.12. The molecule has 0 heterocycles. The van der Waals surface area contributed by atoms with Gasteiger partial charge >= 0.3 is 5.97 Å². The molecule has 0 unspecified atom stereocenters. The first-order chi connectivity index (χ1) is 8.99. The van der Waals surface area contributed by atoms with Gasteiger partial charge in [0.15, 0.2) is 0 Å². The molecule has 0 aliphatic carbocycles. The molecule has 2 aromatic rings. The van der Waals surface area contributed by atoms with E-state index in [1.807, 2.05) is 26.0 Å². The number of rotatable bonds is 3. The molecule has 0 saturated heterocycles. The van der Waals surface area contributed by atoms with Crippen molar-refractivity contribution in [2.24, 2.45) is 0 Å². The molecule has 0 bridgehead atoms. The van der Waals surface area contributed by atoms with Gasteiger partial charge in [0.05, 0.1) is 22.0 Å². The Morgan fingerprint density at radius 1 is 1.21 bits per heavy atom. The number of nitrogens with one attached hydrogen (secondary N) is 1. The molecule has 3 nitrogen and oxygen atoms in total. The van der Waals surface area contributed by atoms with E-state index in [9.17, 15) is 9.90 Å². The van der Waals surface area contributed by atoms with E-state index >= 15 is 0 Å². The lowest BCUT2D eigenvalue weighted by Gasteiger charge is -2.14. The fourth-order valence-electron chi connectivity index (χ4n) is 1.87. The van der Waals surface area contributed by atoms with Crippen LogP contribution in [0.4, 0.5) is 11.4 Å². The zero-order valence-electron chi connectivity index (χ0n) is 10.7. The summed E-state index contributed by atoms with van der Waals surface area (Å²) < 4.78 is 0. The Bertz CT molecular complexity index is 618. The Hall–Kier alpha value is -2.00. The predicted molar refractivity (Wildman–Crippen MR) is 77.6 cm³/mol. The molecule has 0 aliphatic rings. The van der Waals surface area contributed by atoms with Crippen LogP contribution in [0.15, 0.2) is 36.4 Å². The zero-order valence-corrected chi connectivity index (χ0v) is 11.5. The fourth-order valence-corrected chi connectivity index (χ4v) is 2.14. The Morgan fingerprint density at radius 2 is 1.95 bits per heavy atom. The average molecular weight is 276 g/mol. The quantitative estimate of drug-likeness (QED) is 0.873. The molecule has 2 rings (SSSR count). The van der Waals surface area contributed by atoms with Crippen molar-refractivity contribution in [3.8, 4) is 0 Å². The van der Waals surface area contributed by atoms with Crippen LogP contribution in [0.1, 0.15) is 21.5 Å². The minimum Gasteiger partial charge on any atom is -0.478 e. The van der Waals surface area contributed by atoms with Gasteiger partial charge in [0, 0.05) is 0 Å². The average Bonchev–Trinajstić information content (AvgIpc) is 2.33. The van der Waals surface area contributed by atoms with Crippen molar-refractivity contribution in [1.82, 2.24) is 0 Å². The number of anilines is 2. The summed E-state index contributed by atoms with van der Waals surface area (Å²) in [6.07, 6.45) is 0. The molecule has 98 valence electrons. The molecule has 0 aliphatic heterocycles. The maximum atomic E-state index is 11.2. The van der Waals surface area contributed by atoms with Gasteiger partial charge in [0.2, 0.25) is 0 Å². The normalized spacial score (nSPS) is 10.3. The third-order valence-corrected chi connectivity index (χ3v) is 3.20. The first-order valence-corrected chi connectivity index (χ1v) is 6.23. The maximum Gasteiger partial charge on any atom is 0.337 e. The first kappa shape index (κ1) is 13.4. The van der Waals surface area contributed by atoms with Crippen LogP contribution in [-0.2, 0) is 0 Å². The van der Waals surface area contributed by atoms with E-state index in [1.165, 1.54) is 0 Å². The van der Waals surface area contributed by atoms with E-state index in [1.54, 1.807) is 24.3 Å². The van der Waals surface area contributed by atoms with E-state index in [2.05, 4.69) is 5.32 Å². The molecule has 2 aromatic carbocycles. The number of carbonyl (C=O) groups is 1. The van der Waals surface area contributed by atoms with Gasteiger partial charge in [0.1, 0.15) is 0 Å². The smallest absolute Gasteiger partial charge is 0.337 e. The fraction of sp³-hybridized carbons (Fsp3) is 0.133. The van der Waals surface area contributed by atoms with Gasteiger partial charge in [-0.25, -0.2) is 4.79 Å². The van der Waals surface area contributed by atoms with Crippen LogP contribution in [0.2, 0.25) is 5.02 Å². The zero-order chi connectivity index (χ0) is 14.0. The minimum absolute atomic E-state index is 0.227. The Morgan fingerprint density at radius 3 is 2.58 bits per heavy atom. The Balaban J connectivity index is 2.49. The summed E-state index contributed by atoms with van der Waals surface area (Å²) in [5.74, 6) is -0.966. The van der Waals surface area contributed by atoms with E-state index in [0.29, 0.717) is 10.7 Å². The number of hydrogen-bond donors (Lipinski definition) is 2. The van der Waals surface area contributed by atoms with Gasteiger partial charge in [-0.05, 0) is 43.2 Å². The van der Waals surface area contributed by atoms with E-state index < -0.39 is 5.97 Å². The van der Waals surface area contributed by atoms with Crippen LogP contribution < -0.4 is 5.32 Å². The highest BCUT2D eigenvalue weighted by Crippen LogP contribution is 2.30. The lowest BCUT2D eigenvalue weighted by molar-refractivity contribution is 0.0698. The largest absolute Gasteiger partial charge is 0.478 e. The Kier molecular flexibility index (Phi) is 3.76. The number of aryl methyl sites for hydroxylation is 2. The second-order valence-corrected chi connectivity index (χ2v) is 4.82. The monoisotopic (exact) mass is 275 g/mol. The summed E-state index contributed by atoms with van der Waals surface area (Å²) in [5.41, 5.74) is 3.45. The van der Waals surface area contributed by atoms with Gasteiger partial charge in [-0.2, -0.15) is 0 Å². The molecule has 2 N–H and O–H groups in total. The van der Waals surface area contributed by atoms with Crippen molar-refractivity contribution in [2.75, 3.05) is 5.32 Å². The number of hydrogen-bond acceptors (Lipinski definition) is 2. The van der Waals surface area contributed by atoms with Gasteiger partial charge in [0.25, 0.3) is 0 Å². The van der Waals surface area contributed by atoms with E-state index in [0.717, 1.165) is 16.8 Å². The molecule has 0 radical (unpaired) electrons. The van der Waals surface area contributed by atoms with Crippen LogP contribution in [0, 0.1) is 13.8 Å². The van der Waals surface area contributed by atoms with Gasteiger partial charge < -0.3 is 10.4 Å². The van der Waals surface area contributed by atoms with Crippen molar-refractivity contribution >= 4 is 28.9 Å². The second kappa shape index (κ2) is 5.33. The number of carboxylic acid groups (broad SMARTS) is 1.